The number of carbonyl (C=O) groups is 2. The summed E-state index contributed by atoms with van der Waals surface area (Å²) in [6.07, 6.45) is 3.05. The van der Waals surface area contributed by atoms with Gasteiger partial charge in [-0.15, -0.1) is 0 Å². The highest BCUT2D eigenvalue weighted by Crippen LogP contribution is 2.44. The van der Waals surface area contributed by atoms with Crippen LogP contribution in [0.15, 0.2) is 65.1 Å². The van der Waals surface area contributed by atoms with Gasteiger partial charge in [0.15, 0.2) is 5.78 Å². The first-order valence-corrected chi connectivity index (χ1v) is 10.4. The number of aryl methyl sites for hydroxylation is 2. The largest absolute Gasteiger partial charge is 0.362 e. The molecule has 2 N–H and O–H groups in total. The van der Waals surface area contributed by atoms with Crippen molar-refractivity contribution < 1.29 is 9.59 Å². The monoisotopic (exact) mass is 401 g/mol. The maximum absolute atomic E-state index is 13.4. The third kappa shape index (κ3) is 3.67. The van der Waals surface area contributed by atoms with E-state index in [0.717, 1.165) is 40.1 Å². The van der Waals surface area contributed by atoms with E-state index in [0.29, 0.717) is 23.7 Å². The molecule has 0 radical (unpaired) electrons. The minimum Gasteiger partial charge on any atom is -0.362 e. The molecule has 1 aliphatic heterocycles. The lowest BCUT2D eigenvalue weighted by Gasteiger charge is -2.36. The van der Waals surface area contributed by atoms with Crippen molar-refractivity contribution in [2.75, 3.05) is 5.32 Å². The van der Waals surface area contributed by atoms with Gasteiger partial charge in [-0.25, -0.2) is 4.98 Å². The third-order valence-electron chi connectivity index (χ3n) is 5.93. The normalized spacial score (nSPS) is 21.3. The van der Waals surface area contributed by atoms with Crippen LogP contribution < -0.4 is 10.6 Å². The van der Waals surface area contributed by atoms with E-state index in [-0.39, 0.29) is 17.6 Å². The van der Waals surface area contributed by atoms with E-state index >= 15 is 0 Å². The Morgan fingerprint density at radius 1 is 1.10 bits per heavy atom. The van der Waals surface area contributed by atoms with Crippen LogP contribution in [0.2, 0.25) is 0 Å². The van der Waals surface area contributed by atoms with Gasteiger partial charge in [0.2, 0.25) is 0 Å². The van der Waals surface area contributed by atoms with Gasteiger partial charge in [-0.2, -0.15) is 0 Å². The number of nitrogens with zero attached hydrogens (tertiary/aromatic N) is 1. The highest BCUT2D eigenvalue weighted by molar-refractivity contribution is 6.09. The Morgan fingerprint density at radius 3 is 2.57 bits per heavy atom. The van der Waals surface area contributed by atoms with Crippen LogP contribution in [-0.2, 0) is 9.59 Å². The van der Waals surface area contributed by atoms with Crippen molar-refractivity contribution in [1.29, 1.82) is 0 Å². The van der Waals surface area contributed by atoms with Crippen molar-refractivity contribution in [3.8, 4) is 0 Å². The predicted molar refractivity (Wildman–Crippen MR) is 118 cm³/mol. The number of dihydropyridines is 1. The summed E-state index contributed by atoms with van der Waals surface area (Å²) < 4.78 is 0. The summed E-state index contributed by atoms with van der Waals surface area (Å²) in [4.78, 5) is 30.9. The number of hydrogen-bond acceptors (Lipinski definition) is 4. The van der Waals surface area contributed by atoms with E-state index in [1.54, 1.807) is 12.3 Å². The van der Waals surface area contributed by atoms with Crippen molar-refractivity contribution in [2.24, 2.45) is 5.92 Å². The summed E-state index contributed by atoms with van der Waals surface area (Å²) in [6.45, 7) is 7.99. The van der Waals surface area contributed by atoms with Gasteiger partial charge in [0.1, 0.15) is 5.82 Å². The molecular formula is C25H27N3O2. The molecule has 1 aromatic carbocycles. The van der Waals surface area contributed by atoms with Gasteiger partial charge in [0.05, 0.1) is 0 Å². The lowest BCUT2D eigenvalue weighted by molar-refractivity contribution is -0.117. The van der Waals surface area contributed by atoms with E-state index in [1.165, 1.54) is 0 Å². The molecule has 2 atom stereocenters. The number of carbonyl (C=O) groups excluding carboxylic acids is 2. The first-order chi connectivity index (χ1) is 14.3. The van der Waals surface area contributed by atoms with Crippen molar-refractivity contribution >= 4 is 17.5 Å². The Bertz CT molecular complexity index is 1080. The van der Waals surface area contributed by atoms with Crippen molar-refractivity contribution in [3.05, 3.63) is 81.8 Å². The highest BCUT2D eigenvalue weighted by Gasteiger charge is 2.40. The molecule has 2 aliphatic rings. The maximum Gasteiger partial charge on any atom is 0.255 e. The minimum absolute atomic E-state index is 0.121. The van der Waals surface area contributed by atoms with Crippen LogP contribution in [0.3, 0.4) is 0 Å². The SMILES string of the molecule is CC1=C(C(=O)Nc2ccc(C)cn2)[C@@H](c2ccccc2C)C2=C(C[C@@H](C)CC2=O)N1. The Morgan fingerprint density at radius 2 is 1.87 bits per heavy atom. The first kappa shape index (κ1) is 20.1. The molecule has 0 bridgehead atoms. The zero-order chi connectivity index (χ0) is 21.4. The highest BCUT2D eigenvalue weighted by atomic mass is 16.2. The molecule has 5 nitrogen and oxygen atoms in total. The van der Waals surface area contributed by atoms with Crippen LogP contribution in [0.1, 0.15) is 49.3 Å². The van der Waals surface area contributed by atoms with Crippen LogP contribution in [-0.4, -0.2) is 16.7 Å². The molecule has 5 heteroatoms. The van der Waals surface area contributed by atoms with Gasteiger partial charge in [0.25, 0.3) is 5.91 Å². The lowest BCUT2D eigenvalue weighted by Crippen LogP contribution is -2.37. The first-order valence-electron chi connectivity index (χ1n) is 10.4. The Kier molecular flexibility index (Phi) is 5.29. The zero-order valence-electron chi connectivity index (χ0n) is 17.9. The fraction of sp³-hybridized carbons (Fsp3) is 0.320. The van der Waals surface area contributed by atoms with E-state index in [1.807, 2.05) is 51.1 Å². The Hall–Kier alpha value is -3.21. The number of Topliss-reactive ketones (excluding diaryl/α,β-unsaturated/α-hetero) is 1. The number of amides is 1. The molecule has 2 heterocycles. The third-order valence-corrected chi connectivity index (χ3v) is 5.93. The summed E-state index contributed by atoms with van der Waals surface area (Å²) in [6, 6.07) is 11.7. The van der Waals surface area contributed by atoms with Gasteiger partial charge in [-0.05, 0) is 55.9 Å². The van der Waals surface area contributed by atoms with E-state index < -0.39 is 0 Å². The minimum atomic E-state index is -0.382. The standard InChI is InChI=1S/C25H27N3O2/c1-14-9-10-21(26-13-14)28-25(30)22-17(4)27-19-11-15(2)12-20(29)24(19)23(22)18-8-6-5-7-16(18)3/h5-10,13,15,23,27H,11-12H2,1-4H3,(H,26,28,30)/t15-,23-/m1/s1. The summed E-state index contributed by atoms with van der Waals surface area (Å²) in [5.41, 5.74) is 6.13. The van der Waals surface area contributed by atoms with Crippen LogP contribution >= 0.6 is 0 Å². The van der Waals surface area contributed by atoms with Crippen molar-refractivity contribution in [3.63, 3.8) is 0 Å². The van der Waals surface area contributed by atoms with Gasteiger partial charge < -0.3 is 10.6 Å². The average molecular weight is 402 g/mol. The number of rotatable bonds is 3. The fourth-order valence-corrected chi connectivity index (χ4v) is 4.48. The number of benzene rings is 1. The second kappa shape index (κ2) is 7.90. The quantitative estimate of drug-likeness (QED) is 0.791. The lowest BCUT2D eigenvalue weighted by atomic mass is 9.72. The van der Waals surface area contributed by atoms with Crippen LogP contribution in [0.4, 0.5) is 5.82 Å². The molecule has 2 aromatic rings. The Balaban J connectivity index is 1.80. The van der Waals surface area contributed by atoms with Gasteiger partial charge in [-0.3, -0.25) is 9.59 Å². The number of nitrogens with one attached hydrogen (secondary N) is 2. The van der Waals surface area contributed by atoms with Crippen molar-refractivity contribution in [1.82, 2.24) is 10.3 Å². The van der Waals surface area contributed by atoms with Gasteiger partial charge >= 0.3 is 0 Å². The molecule has 0 fully saturated rings. The molecule has 154 valence electrons. The molecule has 0 unspecified atom stereocenters. The van der Waals surface area contributed by atoms with Crippen LogP contribution in [0, 0.1) is 19.8 Å². The second-order valence-electron chi connectivity index (χ2n) is 8.46. The molecule has 0 saturated heterocycles. The summed E-state index contributed by atoms with van der Waals surface area (Å²) >= 11 is 0. The number of hydrogen-bond donors (Lipinski definition) is 2. The molecule has 1 aliphatic carbocycles. The number of ketones is 1. The van der Waals surface area contributed by atoms with Crippen LogP contribution in [0.5, 0.6) is 0 Å². The van der Waals surface area contributed by atoms with E-state index in [2.05, 4.69) is 22.5 Å². The number of pyridine rings is 1. The number of anilines is 1. The zero-order valence-corrected chi connectivity index (χ0v) is 17.9. The molecule has 30 heavy (non-hydrogen) atoms. The summed E-state index contributed by atoms with van der Waals surface area (Å²) in [5.74, 6) is 0.297. The van der Waals surface area contributed by atoms with Gasteiger partial charge in [-0.1, -0.05) is 37.3 Å². The molecule has 4 rings (SSSR count). The second-order valence-corrected chi connectivity index (χ2v) is 8.46. The molecule has 1 amide bonds. The summed E-state index contributed by atoms with van der Waals surface area (Å²) in [7, 11) is 0. The molecule has 0 spiro atoms. The smallest absolute Gasteiger partial charge is 0.255 e. The molecule has 0 saturated carbocycles. The average Bonchev–Trinajstić information content (AvgIpc) is 2.68. The van der Waals surface area contributed by atoms with E-state index in [9.17, 15) is 9.59 Å². The molecular weight excluding hydrogens is 374 g/mol. The number of allylic oxidation sites excluding steroid dienone is 3. The predicted octanol–water partition coefficient (Wildman–Crippen LogP) is 4.55. The topological polar surface area (TPSA) is 71.1 Å². The fourth-order valence-electron chi connectivity index (χ4n) is 4.48. The van der Waals surface area contributed by atoms with E-state index in [4.69, 9.17) is 0 Å². The maximum atomic E-state index is 13.4. The summed E-state index contributed by atoms with van der Waals surface area (Å²) in [5, 5.41) is 6.31. The van der Waals surface area contributed by atoms with Crippen molar-refractivity contribution in [2.45, 2.75) is 46.5 Å². The molecule has 1 aromatic heterocycles. The number of aromatic nitrogens is 1. The van der Waals surface area contributed by atoms with Gasteiger partial charge in [0, 0.05) is 41.1 Å². The Labute approximate surface area is 177 Å². The van der Waals surface area contributed by atoms with Crippen LogP contribution in [0.25, 0.3) is 0 Å².